The molecule has 1 aliphatic heterocycles. The van der Waals surface area contributed by atoms with Crippen LogP contribution in [0.4, 0.5) is 0 Å². The first-order valence-corrected chi connectivity index (χ1v) is 6.31. The Morgan fingerprint density at radius 2 is 1.94 bits per heavy atom. The van der Waals surface area contributed by atoms with Gasteiger partial charge in [-0.15, -0.1) is 0 Å². The van der Waals surface area contributed by atoms with Crippen LogP contribution in [0, 0.1) is 11.8 Å². The number of rotatable bonds is 3. The molecule has 4 heteroatoms. The van der Waals surface area contributed by atoms with Crippen LogP contribution in [0.1, 0.15) is 32.1 Å². The van der Waals surface area contributed by atoms with E-state index in [-0.39, 0.29) is 25.4 Å². The van der Waals surface area contributed by atoms with Gasteiger partial charge in [0.25, 0.3) is 0 Å². The third-order valence-electron chi connectivity index (χ3n) is 4.08. The Labute approximate surface area is 96.2 Å². The predicted molar refractivity (Wildman–Crippen MR) is 58.9 cm³/mol. The third-order valence-corrected chi connectivity index (χ3v) is 4.08. The minimum absolute atomic E-state index is 0.0118. The summed E-state index contributed by atoms with van der Waals surface area (Å²) >= 11 is 0. The molecule has 16 heavy (non-hydrogen) atoms. The zero-order valence-electron chi connectivity index (χ0n) is 9.59. The van der Waals surface area contributed by atoms with Gasteiger partial charge in [-0.3, -0.25) is 0 Å². The van der Waals surface area contributed by atoms with Gasteiger partial charge in [-0.25, -0.2) is 0 Å². The highest BCUT2D eigenvalue weighted by molar-refractivity contribution is 4.91. The normalized spacial score (nSPS) is 41.4. The molecule has 0 aromatic carbocycles. The van der Waals surface area contributed by atoms with Crippen LogP contribution in [0.5, 0.6) is 0 Å². The molecular formula is C12H22O4. The van der Waals surface area contributed by atoms with Crippen molar-refractivity contribution >= 4 is 0 Å². The predicted octanol–water partition coefficient (Wildman–Crippen LogP) is 0.296. The number of ether oxygens (including phenoxy) is 1. The molecule has 0 spiro atoms. The second kappa shape index (κ2) is 5.45. The van der Waals surface area contributed by atoms with Gasteiger partial charge in [0.2, 0.25) is 0 Å². The third kappa shape index (κ3) is 2.40. The number of aliphatic hydroxyl groups excluding tert-OH is 3. The van der Waals surface area contributed by atoms with Crippen LogP contribution in [0.15, 0.2) is 0 Å². The van der Waals surface area contributed by atoms with Gasteiger partial charge in [0.1, 0.15) is 6.10 Å². The van der Waals surface area contributed by atoms with Crippen molar-refractivity contribution < 1.29 is 20.1 Å². The zero-order valence-corrected chi connectivity index (χ0v) is 9.59. The smallest absolute Gasteiger partial charge is 0.103 e. The number of fused-ring (bicyclic) bond motifs is 1. The maximum absolute atomic E-state index is 9.78. The lowest BCUT2D eigenvalue weighted by Crippen LogP contribution is -2.50. The highest BCUT2D eigenvalue weighted by atomic mass is 16.5. The van der Waals surface area contributed by atoms with E-state index in [1.54, 1.807) is 0 Å². The highest BCUT2D eigenvalue weighted by Crippen LogP contribution is 2.41. The Kier molecular flexibility index (Phi) is 4.19. The van der Waals surface area contributed by atoms with Crippen LogP contribution in [0.2, 0.25) is 0 Å². The molecule has 0 unspecified atom stereocenters. The molecule has 3 N–H and O–H groups in total. The Morgan fingerprint density at radius 1 is 1.19 bits per heavy atom. The van der Waals surface area contributed by atoms with Crippen molar-refractivity contribution in [1.29, 1.82) is 0 Å². The molecule has 2 rings (SSSR count). The molecule has 1 aliphatic carbocycles. The molecule has 2 fully saturated rings. The van der Waals surface area contributed by atoms with E-state index in [1.807, 2.05) is 0 Å². The average molecular weight is 230 g/mol. The van der Waals surface area contributed by atoms with Gasteiger partial charge in [0, 0.05) is 0 Å². The van der Waals surface area contributed by atoms with Crippen LogP contribution in [-0.2, 0) is 4.74 Å². The van der Waals surface area contributed by atoms with E-state index in [0.717, 1.165) is 12.8 Å². The van der Waals surface area contributed by atoms with Crippen molar-refractivity contribution in [2.75, 3.05) is 13.2 Å². The highest BCUT2D eigenvalue weighted by Gasteiger charge is 2.42. The Morgan fingerprint density at radius 3 is 2.62 bits per heavy atom. The van der Waals surface area contributed by atoms with E-state index in [0.29, 0.717) is 11.8 Å². The van der Waals surface area contributed by atoms with Crippen molar-refractivity contribution in [3.05, 3.63) is 0 Å². The summed E-state index contributed by atoms with van der Waals surface area (Å²) in [5.74, 6) is 0.907. The number of hydrogen-bond acceptors (Lipinski definition) is 4. The second-order valence-corrected chi connectivity index (χ2v) is 5.10. The fourth-order valence-corrected chi connectivity index (χ4v) is 3.28. The van der Waals surface area contributed by atoms with Gasteiger partial charge in [-0.1, -0.05) is 12.8 Å². The standard InChI is InChI=1S/C12H22O4/c13-6-9-5-8-3-1-2-4-10(8)12(16-9)11(15)7-14/h8-15H,1-7H2/t8-,9+,10+,11-,12-/m1/s1. The van der Waals surface area contributed by atoms with Crippen molar-refractivity contribution in [1.82, 2.24) is 0 Å². The summed E-state index contributed by atoms with van der Waals surface area (Å²) in [4.78, 5) is 0. The molecule has 0 aromatic rings. The number of hydrogen-bond donors (Lipinski definition) is 3. The summed E-state index contributed by atoms with van der Waals surface area (Å²) < 4.78 is 5.70. The SMILES string of the molecule is OC[C@@H]1C[C@H]2CCCC[C@@H]2[C@H]([C@H](O)CO)O1. The average Bonchev–Trinajstić information content (AvgIpc) is 2.36. The molecule has 1 heterocycles. The summed E-state index contributed by atoms with van der Waals surface area (Å²) in [6, 6.07) is 0. The first-order valence-electron chi connectivity index (χ1n) is 6.31. The molecule has 0 radical (unpaired) electrons. The molecule has 0 aromatic heterocycles. The van der Waals surface area contributed by atoms with E-state index in [4.69, 9.17) is 9.84 Å². The minimum Gasteiger partial charge on any atom is -0.394 e. The quantitative estimate of drug-likeness (QED) is 0.652. The van der Waals surface area contributed by atoms with Gasteiger partial charge in [0.15, 0.2) is 0 Å². The lowest BCUT2D eigenvalue weighted by atomic mass is 9.71. The van der Waals surface area contributed by atoms with Crippen LogP contribution in [-0.4, -0.2) is 46.8 Å². The van der Waals surface area contributed by atoms with Gasteiger partial charge >= 0.3 is 0 Å². The Balaban J connectivity index is 2.06. The largest absolute Gasteiger partial charge is 0.394 e. The van der Waals surface area contributed by atoms with E-state index in [1.165, 1.54) is 19.3 Å². The van der Waals surface area contributed by atoms with Gasteiger partial charge in [-0.05, 0) is 31.1 Å². The first kappa shape index (κ1) is 12.3. The summed E-state index contributed by atoms with van der Waals surface area (Å²) in [7, 11) is 0. The summed E-state index contributed by atoms with van der Waals surface area (Å²) in [5.41, 5.74) is 0. The van der Waals surface area contributed by atoms with E-state index in [9.17, 15) is 10.2 Å². The lowest BCUT2D eigenvalue weighted by molar-refractivity contribution is -0.178. The van der Waals surface area contributed by atoms with Crippen LogP contribution < -0.4 is 0 Å². The molecular weight excluding hydrogens is 208 g/mol. The maximum Gasteiger partial charge on any atom is 0.103 e. The van der Waals surface area contributed by atoms with Crippen LogP contribution in [0.3, 0.4) is 0 Å². The lowest BCUT2D eigenvalue weighted by Gasteiger charge is -2.45. The fourth-order valence-electron chi connectivity index (χ4n) is 3.28. The molecule has 1 saturated carbocycles. The van der Waals surface area contributed by atoms with E-state index < -0.39 is 6.10 Å². The molecule has 94 valence electrons. The van der Waals surface area contributed by atoms with Gasteiger partial charge < -0.3 is 20.1 Å². The molecule has 2 aliphatic rings. The zero-order chi connectivity index (χ0) is 11.5. The van der Waals surface area contributed by atoms with Crippen molar-refractivity contribution in [3.8, 4) is 0 Å². The van der Waals surface area contributed by atoms with Gasteiger partial charge in [-0.2, -0.15) is 0 Å². The molecule has 4 nitrogen and oxygen atoms in total. The Hall–Kier alpha value is -0.160. The summed E-state index contributed by atoms with van der Waals surface area (Å²) in [5, 5.41) is 28.0. The maximum atomic E-state index is 9.78. The molecule has 5 atom stereocenters. The van der Waals surface area contributed by atoms with Crippen molar-refractivity contribution in [2.24, 2.45) is 11.8 Å². The van der Waals surface area contributed by atoms with Crippen LogP contribution in [0.25, 0.3) is 0 Å². The van der Waals surface area contributed by atoms with E-state index >= 15 is 0 Å². The first-order chi connectivity index (χ1) is 7.76. The fraction of sp³-hybridized carbons (Fsp3) is 1.00. The van der Waals surface area contributed by atoms with E-state index in [2.05, 4.69) is 0 Å². The monoisotopic (exact) mass is 230 g/mol. The van der Waals surface area contributed by atoms with Crippen molar-refractivity contribution in [2.45, 2.75) is 50.4 Å². The topological polar surface area (TPSA) is 69.9 Å². The second-order valence-electron chi connectivity index (χ2n) is 5.10. The summed E-state index contributed by atoms with van der Waals surface area (Å²) in [6.45, 7) is -0.246. The molecule has 0 bridgehead atoms. The molecule has 0 amide bonds. The molecule has 1 saturated heterocycles. The Bertz CT molecular complexity index is 219. The number of aliphatic hydroxyl groups is 3. The summed E-state index contributed by atoms with van der Waals surface area (Å²) in [6.07, 6.45) is 4.30. The van der Waals surface area contributed by atoms with Gasteiger partial charge in [0.05, 0.1) is 25.4 Å². The van der Waals surface area contributed by atoms with Crippen molar-refractivity contribution in [3.63, 3.8) is 0 Å². The minimum atomic E-state index is -0.806. The van der Waals surface area contributed by atoms with Crippen LogP contribution >= 0.6 is 0 Å².